The van der Waals surface area contributed by atoms with Gasteiger partial charge in [0.2, 0.25) is 0 Å². The molecule has 0 aliphatic carbocycles. The van der Waals surface area contributed by atoms with Crippen molar-refractivity contribution in [3.05, 3.63) is 243 Å². The lowest BCUT2D eigenvalue weighted by molar-refractivity contribution is 0.669. The van der Waals surface area contributed by atoms with Crippen molar-refractivity contribution < 1.29 is 4.42 Å². The smallest absolute Gasteiger partial charge is 0.135 e. The summed E-state index contributed by atoms with van der Waals surface area (Å²) in [6.07, 6.45) is 0. The summed E-state index contributed by atoms with van der Waals surface area (Å²) in [4.78, 5) is 0. The number of furan rings is 1. The summed E-state index contributed by atoms with van der Waals surface area (Å²) in [5, 5.41) is 17.1. The van der Waals surface area contributed by atoms with E-state index < -0.39 is 0 Å². The molecule has 0 bridgehead atoms. The van der Waals surface area contributed by atoms with Crippen LogP contribution in [0.15, 0.2) is 247 Å². The van der Waals surface area contributed by atoms with E-state index in [2.05, 4.69) is 261 Å². The Labute approximate surface area is 457 Å². The van der Waals surface area contributed by atoms with Crippen LogP contribution in [0.4, 0.5) is 0 Å². The molecule has 7 heteroatoms. The quantitative estimate of drug-likeness (QED) is 0.173. The first kappa shape index (κ1) is 42.2. The summed E-state index contributed by atoms with van der Waals surface area (Å²) in [5.41, 5.74) is 15.6. The van der Waals surface area contributed by atoms with Crippen molar-refractivity contribution in [3.8, 4) is 22.7 Å². The van der Waals surface area contributed by atoms with Crippen molar-refractivity contribution in [1.82, 2.24) is 18.3 Å². The van der Waals surface area contributed by atoms with Gasteiger partial charge in [-0.2, -0.15) is 0 Å². The van der Waals surface area contributed by atoms with Crippen LogP contribution in [-0.4, -0.2) is 18.3 Å². The zero-order chi connectivity index (χ0) is 51.2. The maximum Gasteiger partial charge on any atom is 0.135 e. The van der Waals surface area contributed by atoms with Crippen molar-refractivity contribution in [2.45, 2.75) is 0 Å². The van der Waals surface area contributed by atoms with Gasteiger partial charge in [0.15, 0.2) is 0 Å². The fourth-order valence-electron chi connectivity index (χ4n) is 13.8. The monoisotopic (exact) mass is 1040 g/mol. The average Bonchev–Trinajstić information content (AvgIpc) is 4.53. The van der Waals surface area contributed by atoms with E-state index in [-0.39, 0.29) is 0 Å². The summed E-state index contributed by atoms with van der Waals surface area (Å²) >= 11 is 3.72. The van der Waals surface area contributed by atoms with Gasteiger partial charge in [-0.25, -0.2) is 0 Å². The number of hydrogen-bond acceptors (Lipinski definition) is 3. The first-order valence-electron chi connectivity index (χ1n) is 26.9. The van der Waals surface area contributed by atoms with E-state index in [0.29, 0.717) is 0 Å². The SMILES string of the molecule is c1ccc2c(c1)sc1ccc(-n3c4ccccc4c4ccc5c6ccccc6n(-c6ccc7oc8ccc(-n9c%10ccccc%10c%10ccc%11c%12ccccc%12n(-c%12ccc%13sc%14ccccc%14c%13c%12)c%11c%109)cc8c7c6)c5c43)cc12. The molecule has 366 valence electrons. The second kappa shape index (κ2) is 15.4. The molecule has 0 N–H and O–H groups in total. The minimum Gasteiger partial charge on any atom is -0.456 e. The Kier molecular flexibility index (Phi) is 8.23. The summed E-state index contributed by atoms with van der Waals surface area (Å²) < 4.78 is 22.0. The maximum absolute atomic E-state index is 6.81. The van der Waals surface area contributed by atoms with Crippen LogP contribution in [0.25, 0.3) is 172 Å². The largest absolute Gasteiger partial charge is 0.456 e. The van der Waals surface area contributed by atoms with E-state index in [9.17, 15) is 0 Å². The third kappa shape index (κ3) is 5.62. The number of nitrogens with zero attached hydrogens (tertiary/aromatic N) is 4. The molecule has 0 saturated heterocycles. The van der Waals surface area contributed by atoms with Crippen LogP contribution in [0.1, 0.15) is 0 Å². The molecule has 0 unspecified atom stereocenters. The van der Waals surface area contributed by atoms with Crippen molar-refractivity contribution in [2.24, 2.45) is 0 Å². The van der Waals surface area contributed by atoms with Crippen molar-refractivity contribution >= 4 is 172 Å². The molecule has 0 atom stereocenters. The highest BCUT2D eigenvalue weighted by Crippen LogP contribution is 2.47. The Morgan fingerprint density at radius 3 is 0.848 bits per heavy atom. The molecule has 0 fully saturated rings. The molecular weight excluding hydrogens is 1000 g/mol. The summed E-state index contributed by atoms with van der Waals surface area (Å²) in [5.74, 6) is 0. The Morgan fingerprint density at radius 2 is 0.494 bits per heavy atom. The topological polar surface area (TPSA) is 32.9 Å². The highest BCUT2D eigenvalue weighted by Gasteiger charge is 2.25. The first-order valence-corrected chi connectivity index (χ1v) is 28.5. The Balaban J connectivity index is 0.869. The van der Waals surface area contributed by atoms with Gasteiger partial charge in [0, 0.05) is 117 Å². The molecule has 0 saturated carbocycles. The van der Waals surface area contributed by atoms with Gasteiger partial charge in [0.1, 0.15) is 11.2 Å². The molecule has 19 rings (SSSR count). The molecule has 12 aromatic carbocycles. The van der Waals surface area contributed by atoms with E-state index in [4.69, 9.17) is 4.42 Å². The predicted molar refractivity (Wildman–Crippen MR) is 337 cm³/mol. The molecule has 0 aliphatic rings. The normalized spacial score (nSPS) is 12.6. The van der Waals surface area contributed by atoms with Crippen molar-refractivity contribution in [3.63, 3.8) is 0 Å². The maximum atomic E-state index is 6.81. The van der Waals surface area contributed by atoms with E-state index in [0.717, 1.165) is 55.7 Å². The van der Waals surface area contributed by atoms with Gasteiger partial charge in [0.05, 0.1) is 44.1 Å². The van der Waals surface area contributed by atoms with Crippen LogP contribution >= 0.6 is 22.7 Å². The lowest BCUT2D eigenvalue weighted by Crippen LogP contribution is -1.99. The molecule has 0 spiro atoms. The third-order valence-electron chi connectivity index (χ3n) is 17.1. The van der Waals surface area contributed by atoms with Gasteiger partial charge in [0.25, 0.3) is 0 Å². The number of thiophene rings is 2. The van der Waals surface area contributed by atoms with E-state index in [1.807, 2.05) is 22.7 Å². The Hall–Kier alpha value is -9.92. The molecular formula is C72H40N4OS2. The molecule has 5 nitrogen and oxygen atoms in total. The zero-order valence-electron chi connectivity index (χ0n) is 42.1. The number of fused-ring (bicyclic) bond motifs is 23. The van der Waals surface area contributed by atoms with Gasteiger partial charge in [-0.1, -0.05) is 133 Å². The second-order valence-electron chi connectivity index (χ2n) is 21.1. The molecule has 7 heterocycles. The van der Waals surface area contributed by atoms with Gasteiger partial charge >= 0.3 is 0 Å². The zero-order valence-corrected chi connectivity index (χ0v) is 43.7. The van der Waals surface area contributed by atoms with Gasteiger partial charge < -0.3 is 22.7 Å². The number of hydrogen-bond donors (Lipinski definition) is 0. The molecule has 0 radical (unpaired) electrons. The molecule has 7 aromatic heterocycles. The van der Waals surface area contributed by atoms with Gasteiger partial charge in [-0.05, 0) is 109 Å². The van der Waals surface area contributed by atoms with Crippen LogP contribution < -0.4 is 0 Å². The molecule has 0 aliphatic heterocycles. The molecule has 0 amide bonds. The lowest BCUT2D eigenvalue weighted by Gasteiger charge is -2.13. The Bertz CT molecular complexity index is 5530. The minimum absolute atomic E-state index is 0.855. The van der Waals surface area contributed by atoms with Crippen LogP contribution in [0, 0.1) is 0 Å². The van der Waals surface area contributed by atoms with Crippen LogP contribution in [0.2, 0.25) is 0 Å². The summed E-state index contributed by atoms with van der Waals surface area (Å²) in [6.45, 7) is 0. The Morgan fingerprint density at radius 1 is 0.215 bits per heavy atom. The average molecular weight is 1040 g/mol. The van der Waals surface area contributed by atoms with E-state index in [1.165, 1.54) is 117 Å². The number of para-hydroxylation sites is 4. The third-order valence-corrected chi connectivity index (χ3v) is 19.4. The van der Waals surface area contributed by atoms with Crippen LogP contribution in [-0.2, 0) is 0 Å². The fraction of sp³-hybridized carbons (Fsp3) is 0. The standard InChI is InChI=1S/C72H40N4OS2/c1-7-19-59-45(13-1)51-29-31-53-47-15-3-9-21-61(47)75(43-27-35-67-57(39-43)49-17-5-11-23-65(49)78-67)71(53)69(51)73(59)41-25-33-63-55(37-41)56-38-42(26-34-64(56)77-63)74-60-20-8-2-14-46(60)52-30-32-54-48-16-4-10-22-62(48)76(72(54)70(52)74)44-28-36-68-58(40-44)50-18-6-12-24-66(50)79-68/h1-40H. The lowest BCUT2D eigenvalue weighted by atomic mass is 10.1. The number of aromatic nitrogens is 4. The highest BCUT2D eigenvalue weighted by molar-refractivity contribution is 7.26. The van der Waals surface area contributed by atoms with E-state index >= 15 is 0 Å². The van der Waals surface area contributed by atoms with Gasteiger partial charge in [-0.15, -0.1) is 22.7 Å². The highest BCUT2D eigenvalue weighted by atomic mass is 32.1. The fourth-order valence-corrected chi connectivity index (χ4v) is 16.0. The molecule has 19 aromatic rings. The van der Waals surface area contributed by atoms with Crippen LogP contribution in [0.3, 0.4) is 0 Å². The molecule has 79 heavy (non-hydrogen) atoms. The second-order valence-corrected chi connectivity index (χ2v) is 23.3. The summed E-state index contributed by atoms with van der Waals surface area (Å²) in [7, 11) is 0. The van der Waals surface area contributed by atoms with Gasteiger partial charge in [-0.3, -0.25) is 0 Å². The predicted octanol–water partition coefficient (Wildman–Crippen LogP) is 20.7. The number of rotatable bonds is 4. The van der Waals surface area contributed by atoms with E-state index in [1.54, 1.807) is 0 Å². The minimum atomic E-state index is 0.855. The number of benzene rings is 12. The summed E-state index contributed by atoms with van der Waals surface area (Å²) in [6, 6.07) is 90.1. The van der Waals surface area contributed by atoms with Crippen LogP contribution in [0.5, 0.6) is 0 Å². The van der Waals surface area contributed by atoms with Crippen molar-refractivity contribution in [1.29, 1.82) is 0 Å². The van der Waals surface area contributed by atoms with Crippen molar-refractivity contribution in [2.75, 3.05) is 0 Å². The first-order chi connectivity index (χ1) is 39.2.